The lowest BCUT2D eigenvalue weighted by atomic mass is 10.2. The van der Waals surface area contributed by atoms with Gasteiger partial charge in [-0.25, -0.2) is 0 Å². The Hall–Kier alpha value is -1.92. The van der Waals surface area contributed by atoms with Crippen LogP contribution in [-0.4, -0.2) is 53.0 Å². The van der Waals surface area contributed by atoms with Crippen LogP contribution in [0.5, 0.6) is 0 Å². The average molecular weight is 379 g/mol. The van der Waals surface area contributed by atoms with Crippen molar-refractivity contribution in [3.63, 3.8) is 0 Å². The number of nitrogens with zero attached hydrogens (tertiary/aromatic N) is 2. The van der Waals surface area contributed by atoms with Crippen molar-refractivity contribution in [3.05, 3.63) is 53.4 Å². The standard InChI is InChI=1S/C18H19ClN2O3S/c1-13(25-15-6-4-14(19)5-7-15)17(22)20-8-10-21(11-9-20)18(23)16-3-2-12-24-16/h2-7,12-13H,8-11H2,1H3. The highest BCUT2D eigenvalue weighted by Gasteiger charge is 2.28. The molecule has 7 heteroatoms. The van der Waals surface area contributed by atoms with Crippen LogP contribution in [0.15, 0.2) is 52.0 Å². The fourth-order valence-corrected chi connectivity index (χ4v) is 3.79. The Morgan fingerprint density at radius 1 is 1.08 bits per heavy atom. The normalized spacial score (nSPS) is 15.9. The van der Waals surface area contributed by atoms with Crippen molar-refractivity contribution < 1.29 is 14.0 Å². The van der Waals surface area contributed by atoms with Crippen LogP contribution in [0.25, 0.3) is 0 Å². The SMILES string of the molecule is CC(Sc1ccc(Cl)cc1)C(=O)N1CCN(C(=O)c2ccco2)CC1. The molecule has 1 saturated heterocycles. The zero-order chi connectivity index (χ0) is 17.8. The van der Waals surface area contributed by atoms with Crippen LogP contribution >= 0.6 is 23.4 Å². The predicted octanol–water partition coefficient (Wildman–Crippen LogP) is 3.40. The maximum Gasteiger partial charge on any atom is 0.289 e. The van der Waals surface area contributed by atoms with Gasteiger partial charge in [0.1, 0.15) is 0 Å². The summed E-state index contributed by atoms with van der Waals surface area (Å²) in [6, 6.07) is 10.8. The first-order valence-corrected chi connectivity index (χ1v) is 9.34. The molecular formula is C18H19ClN2O3S. The Kier molecular flexibility index (Phi) is 5.71. The highest BCUT2D eigenvalue weighted by molar-refractivity contribution is 8.00. The van der Waals surface area contributed by atoms with E-state index in [1.165, 1.54) is 18.0 Å². The average Bonchev–Trinajstić information content (AvgIpc) is 3.17. The Balaban J connectivity index is 1.52. The van der Waals surface area contributed by atoms with Gasteiger partial charge in [-0.2, -0.15) is 0 Å². The molecule has 0 radical (unpaired) electrons. The minimum Gasteiger partial charge on any atom is -0.459 e. The molecule has 132 valence electrons. The van der Waals surface area contributed by atoms with Crippen molar-refractivity contribution in [2.75, 3.05) is 26.2 Å². The molecule has 0 saturated carbocycles. The van der Waals surface area contributed by atoms with Crippen LogP contribution in [-0.2, 0) is 4.79 Å². The van der Waals surface area contributed by atoms with Gasteiger partial charge in [0.2, 0.25) is 5.91 Å². The molecule has 1 aliphatic rings. The molecule has 0 aliphatic carbocycles. The van der Waals surface area contributed by atoms with E-state index in [-0.39, 0.29) is 17.1 Å². The molecule has 1 fully saturated rings. The first-order valence-electron chi connectivity index (χ1n) is 8.08. The quantitative estimate of drug-likeness (QED) is 0.765. The summed E-state index contributed by atoms with van der Waals surface area (Å²) in [5, 5.41) is 0.495. The second-order valence-electron chi connectivity index (χ2n) is 5.81. The van der Waals surface area contributed by atoms with Gasteiger partial charge < -0.3 is 14.2 Å². The summed E-state index contributed by atoms with van der Waals surface area (Å²) in [4.78, 5) is 29.4. The lowest BCUT2D eigenvalue weighted by Gasteiger charge is -2.35. The second kappa shape index (κ2) is 7.97. The van der Waals surface area contributed by atoms with E-state index < -0.39 is 0 Å². The van der Waals surface area contributed by atoms with Crippen molar-refractivity contribution in [2.24, 2.45) is 0 Å². The summed E-state index contributed by atoms with van der Waals surface area (Å²) in [7, 11) is 0. The molecule has 1 aromatic heterocycles. The van der Waals surface area contributed by atoms with Gasteiger partial charge in [-0.05, 0) is 43.3 Å². The topological polar surface area (TPSA) is 53.8 Å². The van der Waals surface area contributed by atoms with Crippen molar-refractivity contribution in [2.45, 2.75) is 17.1 Å². The number of piperazine rings is 1. The third-order valence-corrected chi connectivity index (χ3v) is 5.44. The van der Waals surface area contributed by atoms with Crippen molar-refractivity contribution in [3.8, 4) is 0 Å². The van der Waals surface area contributed by atoms with Crippen molar-refractivity contribution >= 4 is 35.2 Å². The summed E-state index contributed by atoms with van der Waals surface area (Å²) in [5.41, 5.74) is 0. The highest BCUT2D eigenvalue weighted by Crippen LogP contribution is 2.26. The van der Waals surface area contributed by atoms with E-state index in [1.54, 1.807) is 17.0 Å². The lowest BCUT2D eigenvalue weighted by molar-refractivity contribution is -0.131. The highest BCUT2D eigenvalue weighted by atomic mass is 35.5. The minimum atomic E-state index is -0.187. The van der Waals surface area contributed by atoms with Crippen LogP contribution in [0, 0.1) is 0 Å². The fourth-order valence-electron chi connectivity index (χ4n) is 2.71. The van der Waals surface area contributed by atoms with Crippen LogP contribution in [0.2, 0.25) is 5.02 Å². The summed E-state index contributed by atoms with van der Waals surface area (Å²) < 4.78 is 5.15. The monoisotopic (exact) mass is 378 g/mol. The number of hydrogen-bond donors (Lipinski definition) is 0. The maximum absolute atomic E-state index is 12.6. The van der Waals surface area contributed by atoms with Gasteiger partial charge in [0.25, 0.3) is 5.91 Å². The first-order chi connectivity index (χ1) is 12.0. The zero-order valence-corrected chi connectivity index (χ0v) is 15.4. The number of carbonyl (C=O) groups is 2. The summed E-state index contributed by atoms with van der Waals surface area (Å²) in [5.74, 6) is 0.303. The molecule has 0 spiro atoms. The smallest absolute Gasteiger partial charge is 0.289 e. The number of furan rings is 1. The number of thioether (sulfide) groups is 1. The second-order valence-corrected chi connectivity index (χ2v) is 7.66. The third kappa shape index (κ3) is 4.38. The van der Waals surface area contributed by atoms with Crippen LogP contribution < -0.4 is 0 Å². The minimum absolute atomic E-state index is 0.0880. The third-order valence-electron chi connectivity index (χ3n) is 4.08. The molecule has 3 rings (SSSR count). The van der Waals surface area contributed by atoms with Gasteiger partial charge >= 0.3 is 0 Å². The summed E-state index contributed by atoms with van der Waals surface area (Å²) >= 11 is 7.40. The van der Waals surface area contributed by atoms with Gasteiger partial charge in [0.05, 0.1) is 11.5 Å². The summed E-state index contributed by atoms with van der Waals surface area (Å²) in [6.07, 6.45) is 1.49. The summed E-state index contributed by atoms with van der Waals surface area (Å²) in [6.45, 7) is 4.02. The fraction of sp³-hybridized carbons (Fsp3) is 0.333. The van der Waals surface area contributed by atoms with Crippen molar-refractivity contribution in [1.82, 2.24) is 9.80 Å². The number of amides is 2. The Bertz CT molecular complexity index is 725. The largest absolute Gasteiger partial charge is 0.459 e. The van der Waals surface area contributed by atoms with Crippen LogP contribution in [0.1, 0.15) is 17.5 Å². The van der Waals surface area contributed by atoms with E-state index in [1.807, 2.05) is 36.1 Å². The molecular weight excluding hydrogens is 360 g/mol. The van der Waals surface area contributed by atoms with E-state index in [9.17, 15) is 9.59 Å². The van der Waals surface area contributed by atoms with E-state index >= 15 is 0 Å². The van der Waals surface area contributed by atoms with Gasteiger partial charge in [0.15, 0.2) is 5.76 Å². The van der Waals surface area contributed by atoms with Gasteiger partial charge in [-0.15, -0.1) is 11.8 Å². The van der Waals surface area contributed by atoms with E-state index in [0.29, 0.717) is 37.0 Å². The maximum atomic E-state index is 12.6. The molecule has 2 heterocycles. The molecule has 1 unspecified atom stereocenters. The molecule has 25 heavy (non-hydrogen) atoms. The van der Waals surface area contributed by atoms with Gasteiger partial charge in [0, 0.05) is 36.1 Å². The lowest BCUT2D eigenvalue weighted by Crippen LogP contribution is -2.52. The first kappa shape index (κ1) is 17.9. The molecule has 2 amide bonds. The van der Waals surface area contributed by atoms with Gasteiger partial charge in [-0.1, -0.05) is 11.6 Å². The molecule has 0 N–H and O–H groups in total. The Morgan fingerprint density at radius 3 is 2.32 bits per heavy atom. The van der Waals surface area contributed by atoms with Crippen LogP contribution in [0.3, 0.4) is 0 Å². The Morgan fingerprint density at radius 2 is 1.72 bits per heavy atom. The molecule has 1 atom stereocenters. The zero-order valence-electron chi connectivity index (χ0n) is 13.9. The Labute approximate surface area is 155 Å². The molecule has 1 aromatic carbocycles. The van der Waals surface area contributed by atoms with E-state index in [0.717, 1.165) is 4.90 Å². The number of hydrogen-bond acceptors (Lipinski definition) is 4. The number of benzene rings is 1. The predicted molar refractivity (Wildman–Crippen MR) is 98.0 cm³/mol. The van der Waals surface area contributed by atoms with Gasteiger partial charge in [-0.3, -0.25) is 9.59 Å². The number of carbonyl (C=O) groups excluding carboxylic acids is 2. The molecule has 0 bridgehead atoms. The van der Waals surface area contributed by atoms with Crippen LogP contribution in [0.4, 0.5) is 0 Å². The molecule has 5 nitrogen and oxygen atoms in total. The van der Waals surface area contributed by atoms with E-state index in [2.05, 4.69) is 0 Å². The number of halogens is 1. The van der Waals surface area contributed by atoms with E-state index in [4.69, 9.17) is 16.0 Å². The molecule has 1 aliphatic heterocycles. The van der Waals surface area contributed by atoms with Crippen molar-refractivity contribution in [1.29, 1.82) is 0 Å². The number of rotatable bonds is 4. The molecule has 2 aromatic rings.